The SMILES string of the molecule is CN(Cc1nnc([C@H]2CC[C@H](Oc3ccccn3)CC2)n1-c1ccc(Cl)cc1)C(=O)OC(C)(C)C. The van der Waals surface area contributed by atoms with Crippen molar-refractivity contribution in [2.24, 2.45) is 0 Å². The maximum Gasteiger partial charge on any atom is 0.410 e. The minimum absolute atomic E-state index is 0.130. The molecule has 9 heteroatoms. The van der Waals surface area contributed by atoms with E-state index in [2.05, 4.69) is 15.2 Å². The van der Waals surface area contributed by atoms with Crippen LogP contribution >= 0.6 is 11.6 Å². The molecule has 0 N–H and O–H groups in total. The summed E-state index contributed by atoms with van der Waals surface area (Å²) < 4.78 is 13.6. The lowest BCUT2D eigenvalue weighted by molar-refractivity contribution is 0.0280. The van der Waals surface area contributed by atoms with Crippen LogP contribution < -0.4 is 4.74 Å². The van der Waals surface area contributed by atoms with Crippen molar-refractivity contribution in [1.29, 1.82) is 0 Å². The number of carbonyl (C=O) groups excluding carboxylic acids is 1. The highest BCUT2D eigenvalue weighted by molar-refractivity contribution is 6.30. The average Bonchev–Trinajstić information content (AvgIpc) is 3.23. The number of hydrogen-bond donors (Lipinski definition) is 0. The number of carbonyl (C=O) groups is 1. The first kappa shape index (κ1) is 25.0. The van der Waals surface area contributed by atoms with E-state index in [0.29, 0.717) is 16.7 Å². The number of ether oxygens (including phenoxy) is 2. The van der Waals surface area contributed by atoms with Gasteiger partial charge in [0, 0.05) is 35.9 Å². The fourth-order valence-corrected chi connectivity index (χ4v) is 4.34. The first-order chi connectivity index (χ1) is 16.7. The van der Waals surface area contributed by atoms with Gasteiger partial charge in [0.05, 0.1) is 6.54 Å². The molecule has 8 nitrogen and oxygen atoms in total. The Bertz CT molecular complexity index is 1120. The van der Waals surface area contributed by atoms with E-state index in [9.17, 15) is 4.79 Å². The van der Waals surface area contributed by atoms with Crippen LogP contribution in [0.2, 0.25) is 5.02 Å². The fraction of sp³-hybridized carbons (Fsp3) is 0.462. The van der Waals surface area contributed by atoms with Crippen LogP contribution in [0, 0.1) is 0 Å². The van der Waals surface area contributed by atoms with Gasteiger partial charge in [0.1, 0.15) is 17.5 Å². The molecule has 1 aliphatic rings. The molecule has 4 rings (SSSR count). The molecular weight excluding hydrogens is 466 g/mol. The number of rotatable bonds is 6. The van der Waals surface area contributed by atoms with Gasteiger partial charge in [-0.1, -0.05) is 17.7 Å². The predicted molar refractivity (Wildman–Crippen MR) is 134 cm³/mol. The van der Waals surface area contributed by atoms with Crippen molar-refractivity contribution < 1.29 is 14.3 Å². The molecule has 1 fully saturated rings. The molecular formula is C26H32ClN5O3. The van der Waals surface area contributed by atoms with E-state index < -0.39 is 11.7 Å². The standard InChI is InChI=1S/C26H32ClN5O3/c1-26(2,3)35-25(33)31(4)17-22-29-30-24(32(22)20-12-10-19(27)11-13-20)18-8-14-21(15-9-18)34-23-7-5-6-16-28-23/h5-7,10-13,16,18,21H,8-9,14-15,17H2,1-4H3/t18-,21-. The lowest BCUT2D eigenvalue weighted by Crippen LogP contribution is -2.34. The van der Waals surface area contributed by atoms with Crippen molar-refractivity contribution in [2.75, 3.05) is 7.05 Å². The van der Waals surface area contributed by atoms with E-state index in [4.69, 9.17) is 21.1 Å². The Balaban J connectivity index is 1.53. The van der Waals surface area contributed by atoms with Crippen LogP contribution in [-0.4, -0.2) is 49.5 Å². The zero-order valence-corrected chi connectivity index (χ0v) is 21.4. The molecule has 0 atom stereocenters. The third-order valence-electron chi connectivity index (χ3n) is 5.89. The highest BCUT2D eigenvalue weighted by Gasteiger charge is 2.30. The molecule has 0 saturated heterocycles. The van der Waals surface area contributed by atoms with Crippen LogP contribution in [0.5, 0.6) is 5.88 Å². The van der Waals surface area contributed by atoms with Gasteiger partial charge in [0.25, 0.3) is 0 Å². The Morgan fingerprint density at radius 2 is 1.80 bits per heavy atom. The van der Waals surface area contributed by atoms with Gasteiger partial charge in [-0.2, -0.15) is 0 Å². The number of halogens is 1. The Morgan fingerprint density at radius 3 is 2.43 bits per heavy atom. The molecule has 3 aromatic rings. The van der Waals surface area contributed by atoms with Gasteiger partial charge in [-0.15, -0.1) is 10.2 Å². The molecule has 1 amide bonds. The summed E-state index contributed by atoms with van der Waals surface area (Å²) in [5.74, 6) is 2.44. The summed E-state index contributed by atoms with van der Waals surface area (Å²) in [6, 6.07) is 13.3. The highest BCUT2D eigenvalue weighted by atomic mass is 35.5. The second kappa shape index (κ2) is 10.6. The lowest BCUT2D eigenvalue weighted by Gasteiger charge is -2.28. The summed E-state index contributed by atoms with van der Waals surface area (Å²) in [7, 11) is 1.70. The van der Waals surface area contributed by atoms with Crippen LogP contribution in [0.4, 0.5) is 4.79 Å². The van der Waals surface area contributed by atoms with E-state index in [0.717, 1.165) is 37.2 Å². The third-order valence-corrected chi connectivity index (χ3v) is 6.14. The highest BCUT2D eigenvalue weighted by Crippen LogP contribution is 2.35. The van der Waals surface area contributed by atoms with Gasteiger partial charge in [-0.25, -0.2) is 9.78 Å². The quantitative estimate of drug-likeness (QED) is 0.428. The summed E-state index contributed by atoms with van der Waals surface area (Å²) in [5, 5.41) is 9.72. The summed E-state index contributed by atoms with van der Waals surface area (Å²) in [6.07, 6.45) is 5.12. The van der Waals surface area contributed by atoms with Gasteiger partial charge >= 0.3 is 6.09 Å². The van der Waals surface area contributed by atoms with Gasteiger partial charge in [-0.3, -0.25) is 4.57 Å². The molecule has 186 valence electrons. The Hall–Kier alpha value is -3.13. The maximum absolute atomic E-state index is 12.6. The first-order valence-electron chi connectivity index (χ1n) is 11.9. The normalized spacial score (nSPS) is 18.2. The van der Waals surface area contributed by atoms with Crippen LogP contribution in [0.15, 0.2) is 48.7 Å². The number of benzene rings is 1. The molecule has 1 aromatic carbocycles. The zero-order chi connectivity index (χ0) is 25.0. The molecule has 0 spiro atoms. The monoisotopic (exact) mass is 497 g/mol. The molecule has 1 saturated carbocycles. The van der Waals surface area contributed by atoms with Crippen molar-refractivity contribution in [3.8, 4) is 11.6 Å². The number of hydrogen-bond acceptors (Lipinski definition) is 6. The largest absolute Gasteiger partial charge is 0.474 e. The molecule has 2 heterocycles. The zero-order valence-electron chi connectivity index (χ0n) is 20.6. The van der Waals surface area contributed by atoms with Crippen molar-refractivity contribution in [1.82, 2.24) is 24.6 Å². The lowest BCUT2D eigenvalue weighted by atomic mass is 9.86. The Labute approximate surface area is 211 Å². The van der Waals surface area contributed by atoms with Crippen molar-refractivity contribution in [3.63, 3.8) is 0 Å². The van der Waals surface area contributed by atoms with E-state index >= 15 is 0 Å². The number of nitrogens with zero attached hydrogens (tertiary/aromatic N) is 5. The van der Waals surface area contributed by atoms with Crippen LogP contribution in [-0.2, 0) is 11.3 Å². The summed E-state index contributed by atoms with van der Waals surface area (Å²) in [5.41, 5.74) is 0.338. The molecule has 0 bridgehead atoms. The number of pyridine rings is 1. The van der Waals surface area contributed by atoms with E-state index in [-0.39, 0.29) is 18.6 Å². The Morgan fingerprint density at radius 1 is 1.09 bits per heavy atom. The fourth-order valence-electron chi connectivity index (χ4n) is 4.21. The minimum Gasteiger partial charge on any atom is -0.474 e. The van der Waals surface area contributed by atoms with Gasteiger partial charge in [-0.05, 0) is 76.8 Å². The summed E-state index contributed by atoms with van der Waals surface area (Å²) in [4.78, 5) is 18.4. The third kappa shape index (κ3) is 6.51. The smallest absolute Gasteiger partial charge is 0.410 e. The molecule has 1 aliphatic carbocycles. The second-order valence-electron chi connectivity index (χ2n) is 9.88. The number of aromatic nitrogens is 4. The number of amides is 1. The van der Waals surface area contributed by atoms with Crippen molar-refractivity contribution in [2.45, 2.75) is 70.6 Å². The van der Waals surface area contributed by atoms with Gasteiger partial charge < -0.3 is 14.4 Å². The van der Waals surface area contributed by atoms with Crippen molar-refractivity contribution >= 4 is 17.7 Å². The van der Waals surface area contributed by atoms with Crippen molar-refractivity contribution in [3.05, 3.63) is 65.3 Å². The average molecular weight is 498 g/mol. The second-order valence-corrected chi connectivity index (χ2v) is 10.3. The Kier molecular flexibility index (Phi) is 7.60. The molecule has 0 radical (unpaired) electrons. The topological polar surface area (TPSA) is 82.4 Å². The first-order valence-corrected chi connectivity index (χ1v) is 12.3. The van der Waals surface area contributed by atoms with Crippen LogP contribution in [0.25, 0.3) is 5.69 Å². The maximum atomic E-state index is 12.6. The van der Waals surface area contributed by atoms with Crippen LogP contribution in [0.3, 0.4) is 0 Å². The van der Waals surface area contributed by atoms with Gasteiger partial charge in [0.15, 0.2) is 5.82 Å². The minimum atomic E-state index is -0.573. The van der Waals surface area contributed by atoms with E-state index in [1.807, 2.05) is 67.8 Å². The molecule has 35 heavy (non-hydrogen) atoms. The predicted octanol–water partition coefficient (Wildman–Crippen LogP) is 5.79. The van der Waals surface area contributed by atoms with Crippen LogP contribution in [0.1, 0.15) is 64.0 Å². The molecule has 0 unspecified atom stereocenters. The molecule has 0 aliphatic heterocycles. The summed E-state index contributed by atoms with van der Waals surface area (Å²) in [6.45, 7) is 5.81. The summed E-state index contributed by atoms with van der Waals surface area (Å²) >= 11 is 6.14. The van der Waals surface area contributed by atoms with E-state index in [1.54, 1.807) is 13.2 Å². The van der Waals surface area contributed by atoms with Gasteiger partial charge in [0.2, 0.25) is 5.88 Å². The molecule has 2 aromatic heterocycles. The van der Waals surface area contributed by atoms with E-state index in [1.165, 1.54) is 4.90 Å².